The van der Waals surface area contributed by atoms with Crippen molar-refractivity contribution in [3.05, 3.63) is 35.4 Å². The molecular formula is C10H11BNO. The summed E-state index contributed by atoms with van der Waals surface area (Å²) < 4.78 is 5.48. The molecule has 1 aliphatic carbocycles. The zero-order valence-electron chi connectivity index (χ0n) is 7.36. The van der Waals surface area contributed by atoms with E-state index in [4.69, 9.17) is 4.65 Å². The van der Waals surface area contributed by atoms with Crippen LogP contribution in [-0.4, -0.2) is 13.7 Å². The van der Waals surface area contributed by atoms with Gasteiger partial charge in [0.15, 0.2) is 0 Å². The van der Waals surface area contributed by atoms with E-state index in [1.165, 1.54) is 11.1 Å². The van der Waals surface area contributed by atoms with Crippen LogP contribution < -0.4 is 5.23 Å². The Labute approximate surface area is 78.6 Å². The molecule has 1 aromatic rings. The molecule has 1 radical (unpaired) electrons. The number of nitrogens with one attached hydrogen (secondary N) is 1. The average Bonchev–Trinajstić information content (AvgIpc) is 2.65. The van der Waals surface area contributed by atoms with Gasteiger partial charge in [-0.25, -0.2) is 0 Å². The third-order valence-corrected chi connectivity index (χ3v) is 2.95. The number of aryl methyl sites for hydroxylation is 1. The van der Waals surface area contributed by atoms with E-state index >= 15 is 0 Å². The van der Waals surface area contributed by atoms with Crippen molar-refractivity contribution in [2.75, 3.05) is 0 Å². The molecule has 1 saturated heterocycles. The van der Waals surface area contributed by atoms with Crippen molar-refractivity contribution in [2.45, 2.75) is 25.0 Å². The molecule has 2 atom stereocenters. The largest absolute Gasteiger partial charge is 0.419 e. The minimum atomic E-state index is 0.356. The highest BCUT2D eigenvalue weighted by atomic mass is 16.5. The molecule has 0 unspecified atom stereocenters. The average molecular weight is 172 g/mol. The first-order valence-electron chi connectivity index (χ1n) is 4.76. The Morgan fingerprint density at radius 1 is 1.38 bits per heavy atom. The molecule has 13 heavy (non-hydrogen) atoms. The monoisotopic (exact) mass is 172 g/mol. The first-order chi connectivity index (χ1) is 6.45. The fourth-order valence-electron chi connectivity index (χ4n) is 2.27. The highest BCUT2D eigenvalue weighted by Crippen LogP contribution is 2.33. The molecule has 1 aromatic carbocycles. The molecule has 3 heteroatoms. The van der Waals surface area contributed by atoms with Gasteiger partial charge in [0, 0.05) is 6.04 Å². The summed E-state index contributed by atoms with van der Waals surface area (Å²) in [5.74, 6) is 0. The van der Waals surface area contributed by atoms with Crippen molar-refractivity contribution < 1.29 is 4.65 Å². The second-order valence-electron chi connectivity index (χ2n) is 3.67. The van der Waals surface area contributed by atoms with Crippen LogP contribution in [-0.2, 0) is 11.1 Å². The van der Waals surface area contributed by atoms with E-state index in [-0.39, 0.29) is 0 Å². The molecule has 0 spiro atoms. The Hall–Kier alpha value is -0.795. The molecule has 65 valence electrons. The number of hydrogen-bond acceptors (Lipinski definition) is 2. The fraction of sp³-hybridized carbons (Fsp3) is 0.400. The van der Waals surface area contributed by atoms with Gasteiger partial charge in [0.25, 0.3) is 0 Å². The van der Waals surface area contributed by atoms with Gasteiger partial charge in [-0.3, -0.25) is 0 Å². The molecule has 1 heterocycles. The Bertz CT molecular complexity index is 328. The van der Waals surface area contributed by atoms with Gasteiger partial charge in [0.05, 0.1) is 6.10 Å². The first-order valence-corrected chi connectivity index (χ1v) is 4.76. The maximum absolute atomic E-state index is 5.48. The topological polar surface area (TPSA) is 21.3 Å². The summed E-state index contributed by atoms with van der Waals surface area (Å²) in [4.78, 5) is 0. The van der Waals surface area contributed by atoms with Crippen LogP contribution >= 0.6 is 0 Å². The van der Waals surface area contributed by atoms with E-state index in [2.05, 4.69) is 29.5 Å². The molecule has 0 saturated carbocycles. The number of hydrogen-bond donors (Lipinski definition) is 1. The highest BCUT2D eigenvalue weighted by Gasteiger charge is 2.34. The van der Waals surface area contributed by atoms with Gasteiger partial charge in [-0.2, -0.15) is 0 Å². The minimum absolute atomic E-state index is 0.356. The van der Waals surface area contributed by atoms with Crippen molar-refractivity contribution in [2.24, 2.45) is 0 Å². The molecule has 3 rings (SSSR count). The molecule has 2 aliphatic rings. The zero-order valence-corrected chi connectivity index (χ0v) is 7.36. The standard InChI is InChI=1S/C10H11BNO/c1-2-4-8-7(3-1)5-6-9-10(8)12-11-13-9/h1-4,9-10,12H,5-6H2/t9-,10+/m0/s1. The summed E-state index contributed by atoms with van der Waals surface area (Å²) in [5, 5.41) is 3.27. The van der Waals surface area contributed by atoms with Crippen LogP contribution in [0.3, 0.4) is 0 Å². The summed E-state index contributed by atoms with van der Waals surface area (Å²) in [5.41, 5.74) is 2.88. The van der Waals surface area contributed by atoms with Crippen molar-refractivity contribution in [3.8, 4) is 0 Å². The van der Waals surface area contributed by atoms with E-state index in [1.807, 2.05) is 0 Å². The molecule has 1 fully saturated rings. The zero-order chi connectivity index (χ0) is 8.67. The van der Waals surface area contributed by atoms with Gasteiger partial charge in [0.2, 0.25) is 0 Å². The summed E-state index contributed by atoms with van der Waals surface area (Å²) in [6.07, 6.45) is 2.63. The number of rotatable bonds is 0. The van der Waals surface area contributed by atoms with E-state index in [9.17, 15) is 0 Å². The Balaban J connectivity index is 2.06. The third-order valence-electron chi connectivity index (χ3n) is 2.95. The second-order valence-corrected chi connectivity index (χ2v) is 3.67. The van der Waals surface area contributed by atoms with Gasteiger partial charge >= 0.3 is 7.62 Å². The van der Waals surface area contributed by atoms with Crippen molar-refractivity contribution in [3.63, 3.8) is 0 Å². The van der Waals surface area contributed by atoms with Crippen LogP contribution in [0, 0.1) is 0 Å². The van der Waals surface area contributed by atoms with Crippen LogP contribution in [0.25, 0.3) is 0 Å². The van der Waals surface area contributed by atoms with Gasteiger partial charge in [-0.1, -0.05) is 24.3 Å². The van der Waals surface area contributed by atoms with E-state index in [0.29, 0.717) is 12.1 Å². The maximum Gasteiger partial charge on any atom is 0.396 e. The fourth-order valence-corrected chi connectivity index (χ4v) is 2.27. The molecule has 0 bridgehead atoms. The van der Waals surface area contributed by atoms with Gasteiger partial charge in [-0.15, -0.1) is 0 Å². The Kier molecular flexibility index (Phi) is 1.67. The molecule has 0 aromatic heterocycles. The van der Waals surface area contributed by atoms with Crippen molar-refractivity contribution in [1.82, 2.24) is 5.23 Å². The SMILES string of the molecule is [B]1N[C@@H]2c3ccccc3CC[C@@H]2O1. The Morgan fingerprint density at radius 2 is 2.31 bits per heavy atom. The van der Waals surface area contributed by atoms with Crippen molar-refractivity contribution >= 4 is 7.62 Å². The quantitative estimate of drug-likeness (QED) is 0.593. The predicted octanol–water partition coefficient (Wildman–Crippen LogP) is 1.20. The number of benzene rings is 1. The van der Waals surface area contributed by atoms with Crippen LogP contribution in [0.2, 0.25) is 0 Å². The summed E-state index contributed by atoms with van der Waals surface area (Å²) in [6.45, 7) is 0. The highest BCUT2D eigenvalue weighted by molar-refractivity contribution is 6.24. The van der Waals surface area contributed by atoms with Gasteiger partial charge < -0.3 is 9.88 Å². The van der Waals surface area contributed by atoms with E-state index in [0.717, 1.165) is 12.8 Å². The number of fused-ring (bicyclic) bond motifs is 3. The summed E-state index contributed by atoms with van der Waals surface area (Å²) >= 11 is 0. The lowest BCUT2D eigenvalue weighted by Crippen LogP contribution is -2.27. The van der Waals surface area contributed by atoms with Crippen LogP contribution in [0.4, 0.5) is 0 Å². The van der Waals surface area contributed by atoms with Crippen molar-refractivity contribution in [1.29, 1.82) is 0 Å². The molecule has 0 amide bonds. The first kappa shape index (κ1) is 7.59. The summed E-state index contributed by atoms with van der Waals surface area (Å²) in [6, 6.07) is 9.01. The predicted molar refractivity (Wildman–Crippen MR) is 51.3 cm³/mol. The van der Waals surface area contributed by atoms with E-state index < -0.39 is 0 Å². The second kappa shape index (κ2) is 2.86. The smallest absolute Gasteiger partial charge is 0.396 e. The lowest BCUT2D eigenvalue weighted by Gasteiger charge is -2.27. The van der Waals surface area contributed by atoms with E-state index in [1.54, 1.807) is 7.62 Å². The minimum Gasteiger partial charge on any atom is -0.419 e. The van der Waals surface area contributed by atoms with Crippen LogP contribution in [0.15, 0.2) is 24.3 Å². The van der Waals surface area contributed by atoms with Gasteiger partial charge in [-0.05, 0) is 24.0 Å². The van der Waals surface area contributed by atoms with Crippen LogP contribution in [0.1, 0.15) is 23.6 Å². The molecular weight excluding hydrogens is 161 g/mol. The Morgan fingerprint density at radius 3 is 3.31 bits per heavy atom. The molecule has 1 aliphatic heterocycles. The molecule has 2 nitrogen and oxygen atoms in total. The maximum atomic E-state index is 5.48. The summed E-state index contributed by atoms with van der Waals surface area (Å²) in [7, 11) is 1.73. The van der Waals surface area contributed by atoms with Crippen LogP contribution in [0.5, 0.6) is 0 Å². The third kappa shape index (κ3) is 1.11. The lowest BCUT2D eigenvalue weighted by atomic mass is 9.86. The normalized spacial score (nSPS) is 30.5. The lowest BCUT2D eigenvalue weighted by molar-refractivity contribution is 0.196. The molecule has 1 N–H and O–H groups in total. The van der Waals surface area contributed by atoms with Gasteiger partial charge in [0.1, 0.15) is 0 Å².